The zero-order chi connectivity index (χ0) is 20.4. The van der Waals surface area contributed by atoms with Gasteiger partial charge in [-0.3, -0.25) is 9.59 Å². The Morgan fingerprint density at radius 3 is 2.52 bits per heavy atom. The summed E-state index contributed by atoms with van der Waals surface area (Å²) in [5, 5.41) is 12.6. The largest absolute Gasteiger partial charge is 0.503 e. The highest BCUT2D eigenvalue weighted by Gasteiger charge is 2.46. The Balaban J connectivity index is 1.76. The fourth-order valence-corrected chi connectivity index (χ4v) is 5.05. The second kappa shape index (κ2) is 8.41. The van der Waals surface area contributed by atoms with Crippen LogP contribution in [-0.4, -0.2) is 34.3 Å². The van der Waals surface area contributed by atoms with Gasteiger partial charge >= 0.3 is 0 Å². The Morgan fingerprint density at radius 1 is 1.17 bits per heavy atom. The van der Waals surface area contributed by atoms with Crippen molar-refractivity contribution < 1.29 is 19.4 Å². The van der Waals surface area contributed by atoms with Crippen LogP contribution in [-0.2, 0) is 4.79 Å². The van der Waals surface area contributed by atoms with Gasteiger partial charge in [0, 0.05) is 6.04 Å². The van der Waals surface area contributed by atoms with E-state index in [9.17, 15) is 14.7 Å². The molecule has 5 nitrogen and oxygen atoms in total. The molecule has 1 aromatic heterocycles. The third kappa shape index (κ3) is 3.69. The fraction of sp³-hybridized carbons (Fsp3) is 0.391. The van der Waals surface area contributed by atoms with Crippen LogP contribution in [0.1, 0.15) is 60.3 Å². The van der Waals surface area contributed by atoms with Gasteiger partial charge < -0.3 is 14.7 Å². The summed E-state index contributed by atoms with van der Waals surface area (Å²) in [6.07, 6.45) is 5.06. The molecule has 2 aromatic rings. The maximum absolute atomic E-state index is 13.2. The van der Waals surface area contributed by atoms with E-state index in [2.05, 4.69) is 0 Å². The lowest BCUT2D eigenvalue weighted by atomic mass is 9.90. The number of thiophene rings is 1. The molecule has 152 valence electrons. The monoisotopic (exact) mass is 411 g/mol. The second-order valence-electron chi connectivity index (χ2n) is 7.48. The lowest BCUT2D eigenvalue weighted by Gasteiger charge is -2.36. The molecule has 1 atom stereocenters. The summed E-state index contributed by atoms with van der Waals surface area (Å²) >= 11 is 1.32. The Morgan fingerprint density at radius 2 is 1.90 bits per heavy atom. The molecule has 6 heteroatoms. The van der Waals surface area contributed by atoms with E-state index in [-0.39, 0.29) is 17.4 Å². The summed E-state index contributed by atoms with van der Waals surface area (Å²) in [5.41, 5.74) is 1.00. The summed E-state index contributed by atoms with van der Waals surface area (Å²) in [7, 11) is 0. The maximum atomic E-state index is 13.2. The number of carbonyl (C=O) groups excluding carboxylic acids is 2. The highest BCUT2D eigenvalue weighted by atomic mass is 32.1. The Kier molecular flexibility index (Phi) is 5.72. The number of rotatable bonds is 6. The number of aliphatic hydroxyl groups excluding tert-OH is 1. The minimum atomic E-state index is -0.573. The van der Waals surface area contributed by atoms with Crippen molar-refractivity contribution in [3.63, 3.8) is 0 Å². The molecule has 1 unspecified atom stereocenters. The van der Waals surface area contributed by atoms with Crippen molar-refractivity contribution >= 4 is 23.0 Å². The number of nitrogens with zero attached hydrogens (tertiary/aromatic N) is 1. The van der Waals surface area contributed by atoms with Gasteiger partial charge in [0.15, 0.2) is 5.76 Å². The van der Waals surface area contributed by atoms with Gasteiger partial charge in [0.1, 0.15) is 5.75 Å². The first-order valence-corrected chi connectivity index (χ1v) is 11.1. The molecule has 2 heterocycles. The van der Waals surface area contributed by atoms with Gasteiger partial charge in [0.2, 0.25) is 5.78 Å². The topological polar surface area (TPSA) is 66.8 Å². The standard InChI is InChI=1S/C23H25NO4S/c1-2-28-17-12-10-15(11-13-17)20-19(21(25)18-9-6-14-29-18)22(26)23(27)24(20)16-7-4-3-5-8-16/h6,9-14,16,20,26H,2-5,7-8H2,1H3. The molecule has 1 N–H and O–H groups in total. The molecule has 0 spiro atoms. The summed E-state index contributed by atoms with van der Waals surface area (Å²) < 4.78 is 5.53. The highest BCUT2D eigenvalue weighted by Crippen LogP contribution is 2.43. The number of Topliss-reactive ketones (excluding diaryl/α,β-unsaturated/α-hetero) is 1. The molecule has 29 heavy (non-hydrogen) atoms. The van der Waals surface area contributed by atoms with Gasteiger partial charge in [-0.05, 0) is 48.9 Å². The lowest BCUT2D eigenvalue weighted by molar-refractivity contribution is -0.132. The average molecular weight is 412 g/mol. The fourth-order valence-electron chi connectivity index (χ4n) is 4.37. The average Bonchev–Trinajstić information content (AvgIpc) is 3.37. The number of hydrogen-bond donors (Lipinski definition) is 1. The summed E-state index contributed by atoms with van der Waals surface area (Å²) in [4.78, 5) is 28.6. The van der Waals surface area contributed by atoms with Gasteiger partial charge in [-0.2, -0.15) is 0 Å². The lowest BCUT2D eigenvalue weighted by Crippen LogP contribution is -2.41. The number of carbonyl (C=O) groups is 2. The molecule has 1 aliphatic carbocycles. The maximum Gasteiger partial charge on any atom is 0.290 e. The Labute approximate surface area is 174 Å². The van der Waals surface area contributed by atoms with Crippen LogP contribution in [0.2, 0.25) is 0 Å². The van der Waals surface area contributed by atoms with Crippen molar-refractivity contribution in [3.05, 3.63) is 63.6 Å². The first-order chi connectivity index (χ1) is 14.1. The normalized spacial score (nSPS) is 20.4. The van der Waals surface area contributed by atoms with Crippen LogP contribution in [0.25, 0.3) is 0 Å². The van der Waals surface area contributed by atoms with Crippen LogP contribution in [0.5, 0.6) is 5.75 Å². The van der Waals surface area contributed by atoms with Crippen LogP contribution < -0.4 is 4.74 Å². The minimum Gasteiger partial charge on any atom is -0.503 e. The number of aliphatic hydroxyl groups is 1. The third-order valence-corrected chi connectivity index (χ3v) is 6.58. The van der Waals surface area contributed by atoms with Crippen molar-refractivity contribution in [1.82, 2.24) is 4.90 Å². The summed E-state index contributed by atoms with van der Waals surface area (Å²) in [6.45, 7) is 2.49. The van der Waals surface area contributed by atoms with Crippen molar-refractivity contribution in [1.29, 1.82) is 0 Å². The van der Waals surface area contributed by atoms with Crippen molar-refractivity contribution in [2.45, 2.75) is 51.1 Å². The van der Waals surface area contributed by atoms with Crippen LogP contribution in [0.15, 0.2) is 53.1 Å². The van der Waals surface area contributed by atoms with Gasteiger partial charge in [-0.25, -0.2) is 0 Å². The number of benzene rings is 1. The second-order valence-corrected chi connectivity index (χ2v) is 8.43. The van der Waals surface area contributed by atoms with Crippen molar-refractivity contribution in [2.75, 3.05) is 6.61 Å². The SMILES string of the molecule is CCOc1ccc(C2C(C(=O)c3cccs3)=C(O)C(=O)N2C2CCCCC2)cc1. The number of ether oxygens (including phenoxy) is 1. The molecular formula is C23H25NO4S. The molecule has 1 saturated carbocycles. The first kappa shape index (κ1) is 19.7. The van der Waals surface area contributed by atoms with Gasteiger partial charge in [-0.15, -0.1) is 11.3 Å². The Hall–Kier alpha value is -2.60. The Bertz CT molecular complexity index is 911. The quantitative estimate of drug-likeness (QED) is 0.675. The molecular weight excluding hydrogens is 386 g/mol. The highest BCUT2D eigenvalue weighted by molar-refractivity contribution is 7.12. The van der Waals surface area contributed by atoms with Gasteiger partial charge in [-0.1, -0.05) is 37.5 Å². The van der Waals surface area contributed by atoms with E-state index in [1.54, 1.807) is 17.0 Å². The van der Waals surface area contributed by atoms with E-state index in [4.69, 9.17) is 4.74 Å². The van der Waals surface area contributed by atoms with E-state index in [0.29, 0.717) is 11.5 Å². The molecule has 1 fully saturated rings. The van der Waals surface area contributed by atoms with Crippen LogP contribution in [0, 0.1) is 0 Å². The molecule has 0 radical (unpaired) electrons. The van der Waals surface area contributed by atoms with Gasteiger partial charge in [0.25, 0.3) is 5.91 Å². The van der Waals surface area contributed by atoms with E-state index >= 15 is 0 Å². The predicted molar refractivity (Wildman–Crippen MR) is 112 cm³/mol. The zero-order valence-corrected chi connectivity index (χ0v) is 17.3. The molecule has 0 saturated heterocycles. The van der Waals surface area contributed by atoms with E-state index < -0.39 is 17.7 Å². The predicted octanol–water partition coefficient (Wildman–Crippen LogP) is 5.06. The molecule has 4 rings (SSSR count). The minimum absolute atomic E-state index is 0.0311. The molecule has 1 amide bonds. The third-order valence-electron chi connectivity index (χ3n) is 5.71. The molecule has 1 aromatic carbocycles. The zero-order valence-electron chi connectivity index (χ0n) is 16.5. The van der Waals surface area contributed by atoms with E-state index in [0.717, 1.165) is 43.4 Å². The van der Waals surface area contributed by atoms with Crippen molar-refractivity contribution in [2.24, 2.45) is 0 Å². The number of hydrogen-bond acceptors (Lipinski definition) is 5. The van der Waals surface area contributed by atoms with Crippen LogP contribution >= 0.6 is 11.3 Å². The van der Waals surface area contributed by atoms with E-state index in [1.165, 1.54) is 11.3 Å². The molecule has 0 bridgehead atoms. The van der Waals surface area contributed by atoms with Crippen LogP contribution in [0.4, 0.5) is 0 Å². The smallest absolute Gasteiger partial charge is 0.290 e. The van der Waals surface area contributed by atoms with Crippen molar-refractivity contribution in [3.8, 4) is 5.75 Å². The summed E-state index contributed by atoms with van der Waals surface area (Å²) in [5.74, 6) is -0.379. The molecule has 1 aliphatic heterocycles. The van der Waals surface area contributed by atoms with E-state index in [1.807, 2.05) is 36.6 Å². The van der Waals surface area contributed by atoms with Crippen LogP contribution in [0.3, 0.4) is 0 Å². The summed E-state index contributed by atoms with van der Waals surface area (Å²) in [6, 6.07) is 10.5. The molecule has 2 aliphatic rings. The number of ketones is 1. The first-order valence-electron chi connectivity index (χ1n) is 10.2. The van der Waals surface area contributed by atoms with Gasteiger partial charge in [0.05, 0.1) is 23.1 Å². The number of amides is 1.